The lowest BCUT2D eigenvalue weighted by molar-refractivity contribution is -0.121. The number of benzene rings is 1. The van der Waals surface area contributed by atoms with Crippen molar-refractivity contribution in [2.45, 2.75) is 12.8 Å². The molecule has 0 radical (unpaired) electrons. The Morgan fingerprint density at radius 1 is 1.28 bits per heavy atom. The van der Waals surface area contributed by atoms with E-state index < -0.39 is 0 Å². The normalized spacial score (nSPS) is 17.0. The van der Waals surface area contributed by atoms with E-state index in [1.54, 1.807) is 42.5 Å². The van der Waals surface area contributed by atoms with E-state index >= 15 is 0 Å². The van der Waals surface area contributed by atoms with E-state index in [0.29, 0.717) is 23.9 Å². The lowest BCUT2D eigenvalue weighted by Gasteiger charge is -2.31. The van der Waals surface area contributed by atoms with Crippen LogP contribution in [0.15, 0.2) is 35.8 Å². The average molecular weight is 360 g/mol. The molecule has 0 aliphatic carbocycles. The molecule has 1 aliphatic heterocycles. The SMILES string of the molecule is COc1ccc(NC(=O)N2CCCC(C(=O)Nc3nccs3)C2)cc1. The van der Waals surface area contributed by atoms with E-state index in [1.807, 2.05) is 5.38 Å². The maximum atomic E-state index is 12.4. The van der Waals surface area contributed by atoms with Crippen molar-refractivity contribution in [3.8, 4) is 5.75 Å². The number of nitrogens with one attached hydrogen (secondary N) is 2. The summed E-state index contributed by atoms with van der Waals surface area (Å²) in [5.74, 6) is 0.422. The molecule has 0 spiro atoms. The van der Waals surface area contributed by atoms with Crippen LogP contribution in [0.4, 0.5) is 15.6 Å². The van der Waals surface area contributed by atoms with Gasteiger partial charge >= 0.3 is 6.03 Å². The van der Waals surface area contributed by atoms with Crippen molar-refractivity contribution < 1.29 is 14.3 Å². The van der Waals surface area contributed by atoms with Crippen LogP contribution in [0.25, 0.3) is 0 Å². The highest BCUT2D eigenvalue weighted by Gasteiger charge is 2.28. The molecule has 1 fully saturated rings. The summed E-state index contributed by atoms with van der Waals surface area (Å²) in [6.07, 6.45) is 3.21. The summed E-state index contributed by atoms with van der Waals surface area (Å²) in [5, 5.41) is 8.07. The van der Waals surface area contributed by atoms with Crippen LogP contribution in [0.1, 0.15) is 12.8 Å². The fraction of sp³-hybridized carbons (Fsp3) is 0.353. The second kappa shape index (κ2) is 7.98. The van der Waals surface area contributed by atoms with Gasteiger partial charge in [-0.1, -0.05) is 0 Å². The number of anilines is 2. The molecule has 8 heteroatoms. The molecule has 1 aliphatic rings. The number of nitrogens with zero attached hydrogens (tertiary/aromatic N) is 2. The number of rotatable bonds is 4. The number of piperidine rings is 1. The highest BCUT2D eigenvalue weighted by Crippen LogP contribution is 2.21. The minimum absolute atomic E-state index is 0.0862. The standard InChI is InChI=1S/C17H20N4O3S/c1-24-14-6-4-13(5-7-14)19-17(23)21-9-2-3-12(11-21)15(22)20-16-18-8-10-25-16/h4-8,10,12H,2-3,9,11H2,1H3,(H,19,23)(H,18,20,22). The molecular formula is C17H20N4O3S. The van der Waals surface area contributed by atoms with Crippen LogP contribution in [0.5, 0.6) is 5.75 Å². The third-order valence-electron chi connectivity index (χ3n) is 4.08. The maximum absolute atomic E-state index is 12.4. The first-order valence-electron chi connectivity index (χ1n) is 8.06. The fourth-order valence-corrected chi connectivity index (χ4v) is 3.28. The molecule has 0 saturated carbocycles. The molecule has 132 valence electrons. The van der Waals surface area contributed by atoms with Gasteiger partial charge in [0.25, 0.3) is 0 Å². The zero-order valence-electron chi connectivity index (χ0n) is 13.9. The van der Waals surface area contributed by atoms with Gasteiger partial charge in [-0.2, -0.15) is 0 Å². The van der Waals surface area contributed by atoms with E-state index in [9.17, 15) is 9.59 Å². The number of thiazole rings is 1. The third-order valence-corrected chi connectivity index (χ3v) is 4.77. The van der Waals surface area contributed by atoms with Gasteiger partial charge in [-0.15, -0.1) is 11.3 Å². The molecule has 7 nitrogen and oxygen atoms in total. The second-order valence-electron chi connectivity index (χ2n) is 5.77. The van der Waals surface area contributed by atoms with Gasteiger partial charge in [0.1, 0.15) is 5.75 Å². The molecule has 1 atom stereocenters. The van der Waals surface area contributed by atoms with E-state index in [0.717, 1.165) is 18.6 Å². The molecular weight excluding hydrogens is 340 g/mol. The van der Waals surface area contributed by atoms with E-state index in [4.69, 9.17) is 4.74 Å². The lowest BCUT2D eigenvalue weighted by Crippen LogP contribution is -2.45. The van der Waals surface area contributed by atoms with Gasteiger partial charge in [0.2, 0.25) is 5.91 Å². The molecule has 3 rings (SSSR count). The van der Waals surface area contributed by atoms with E-state index in [2.05, 4.69) is 15.6 Å². The fourth-order valence-electron chi connectivity index (χ4n) is 2.75. The second-order valence-corrected chi connectivity index (χ2v) is 6.66. The Morgan fingerprint density at radius 2 is 2.08 bits per heavy atom. The number of aromatic nitrogens is 1. The number of urea groups is 1. The summed E-state index contributed by atoms with van der Waals surface area (Å²) in [6, 6.07) is 6.95. The number of amides is 3. The largest absolute Gasteiger partial charge is 0.497 e. The predicted molar refractivity (Wildman–Crippen MR) is 97.1 cm³/mol. The Kier molecular flexibility index (Phi) is 5.49. The molecule has 1 aromatic heterocycles. The van der Waals surface area contributed by atoms with E-state index in [1.165, 1.54) is 11.3 Å². The van der Waals surface area contributed by atoms with Crippen LogP contribution >= 0.6 is 11.3 Å². The number of carbonyl (C=O) groups is 2. The minimum Gasteiger partial charge on any atom is -0.497 e. The monoisotopic (exact) mass is 360 g/mol. The quantitative estimate of drug-likeness (QED) is 0.878. The number of hydrogen-bond acceptors (Lipinski definition) is 5. The molecule has 2 heterocycles. The van der Waals surface area contributed by atoms with Crippen LogP contribution in [0.3, 0.4) is 0 Å². The average Bonchev–Trinajstić information content (AvgIpc) is 3.15. The smallest absolute Gasteiger partial charge is 0.321 e. The minimum atomic E-state index is -0.223. The van der Waals surface area contributed by atoms with Crippen LogP contribution in [0.2, 0.25) is 0 Å². The van der Waals surface area contributed by atoms with Gasteiger partial charge in [-0.05, 0) is 37.1 Å². The van der Waals surface area contributed by atoms with Crippen molar-refractivity contribution in [1.29, 1.82) is 0 Å². The van der Waals surface area contributed by atoms with Gasteiger partial charge < -0.3 is 20.3 Å². The molecule has 1 unspecified atom stereocenters. The number of carbonyl (C=O) groups excluding carboxylic acids is 2. The molecule has 1 saturated heterocycles. The Bertz CT molecular complexity index is 718. The summed E-state index contributed by atoms with van der Waals surface area (Å²) in [7, 11) is 1.60. The van der Waals surface area contributed by atoms with E-state index in [-0.39, 0.29) is 17.9 Å². The first-order chi connectivity index (χ1) is 12.2. The van der Waals surface area contributed by atoms with Gasteiger partial charge in [0.05, 0.1) is 13.0 Å². The van der Waals surface area contributed by atoms with Gasteiger partial charge in [0.15, 0.2) is 5.13 Å². The van der Waals surface area contributed by atoms with Crippen molar-refractivity contribution in [1.82, 2.24) is 9.88 Å². The third kappa shape index (κ3) is 4.48. The summed E-state index contributed by atoms with van der Waals surface area (Å²) in [5.41, 5.74) is 0.695. The Balaban J connectivity index is 1.56. The van der Waals surface area contributed by atoms with Crippen molar-refractivity contribution in [2.75, 3.05) is 30.8 Å². The Hall–Kier alpha value is -2.61. The number of likely N-dealkylation sites (tertiary alicyclic amines) is 1. The Morgan fingerprint density at radius 3 is 2.76 bits per heavy atom. The van der Waals surface area contributed by atoms with Gasteiger partial charge in [0, 0.05) is 30.4 Å². The van der Waals surface area contributed by atoms with Gasteiger partial charge in [-0.25, -0.2) is 9.78 Å². The molecule has 25 heavy (non-hydrogen) atoms. The molecule has 1 aromatic carbocycles. The highest BCUT2D eigenvalue weighted by molar-refractivity contribution is 7.13. The Labute approximate surface area is 150 Å². The highest BCUT2D eigenvalue weighted by atomic mass is 32.1. The van der Waals surface area contributed by atoms with Crippen LogP contribution in [-0.4, -0.2) is 42.0 Å². The topological polar surface area (TPSA) is 83.6 Å². The zero-order chi connectivity index (χ0) is 17.6. The number of ether oxygens (including phenoxy) is 1. The maximum Gasteiger partial charge on any atom is 0.321 e. The van der Waals surface area contributed by atoms with Crippen LogP contribution in [0, 0.1) is 5.92 Å². The summed E-state index contributed by atoms with van der Waals surface area (Å²) < 4.78 is 5.10. The summed E-state index contributed by atoms with van der Waals surface area (Å²) in [4.78, 5) is 30.5. The predicted octanol–water partition coefficient (Wildman–Crippen LogP) is 3.03. The lowest BCUT2D eigenvalue weighted by atomic mass is 9.97. The van der Waals surface area contributed by atoms with Gasteiger partial charge in [-0.3, -0.25) is 4.79 Å². The zero-order valence-corrected chi connectivity index (χ0v) is 14.7. The van der Waals surface area contributed by atoms with Crippen LogP contribution < -0.4 is 15.4 Å². The number of hydrogen-bond donors (Lipinski definition) is 2. The summed E-state index contributed by atoms with van der Waals surface area (Å²) in [6.45, 7) is 1.04. The molecule has 2 N–H and O–H groups in total. The van der Waals surface area contributed by atoms with Crippen molar-refractivity contribution in [3.05, 3.63) is 35.8 Å². The first-order valence-corrected chi connectivity index (χ1v) is 8.94. The van der Waals surface area contributed by atoms with Crippen molar-refractivity contribution >= 4 is 34.1 Å². The van der Waals surface area contributed by atoms with Crippen molar-refractivity contribution in [2.24, 2.45) is 5.92 Å². The molecule has 3 amide bonds. The molecule has 2 aromatic rings. The summed E-state index contributed by atoms with van der Waals surface area (Å²) >= 11 is 1.38. The van der Waals surface area contributed by atoms with Crippen molar-refractivity contribution in [3.63, 3.8) is 0 Å². The molecule has 0 bridgehead atoms. The van der Waals surface area contributed by atoms with Crippen LogP contribution in [-0.2, 0) is 4.79 Å². The first kappa shape index (κ1) is 17.2. The number of methoxy groups -OCH3 is 1.